The van der Waals surface area contributed by atoms with Gasteiger partial charge in [0.2, 0.25) is 5.91 Å². The number of amides is 1. The predicted octanol–water partition coefficient (Wildman–Crippen LogP) is 2.14. The van der Waals surface area contributed by atoms with Gasteiger partial charge in [-0.2, -0.15) is 0 Å². The number of methoxy groups -OCH3 is 1. The first-order valence-corrected chi connectivity index (χ1v) is 8.93. The lowest BCUT2D eigenvalue weighted by molar-refractivity contribution is -0.116. The van der Waals surface area contributed by atoms with Gasteiger partial charge in [-0.15, -0.1) is 0 Å². The van der Waals surface area contributed by atoms with Crippen LogP contribution in [0.5, 0.6) is 5.75 Å². The highest BCUT2D eigenvalue weighted by Gasteiger charge is 2.18. The third kappa shape index (κ3) is 5.31. The number of piperazine rings is 1. The lowest BCUT2D eigenvalue weighted by Gasteiger charge is -2.34. The molecule has 1 aromatic carbocycles. The molecule has 1 fully saturated rings. The van der Waals surface area contributed by atoms with Gasteiger partial charge in [0, 0.05) is 51.8 Å². The number of aromatic nitrogens is 1. The number of benzene rings is 1. The molecule has 1 saturated heterocycles. The second kappa shape index (κ2) is 8.82. The summed E-state index contributed by atoms with van der Waals surface area (Å²) in [7, 11) is 1.68. The number of carbonyl (C=O) groups excluding carboxylic acids is 1. The maximum atomic E-state index is 12.0. The van der Waals surface area contributed by atoms with Gasteiger partial charge in [-0.25, -0.2) is 0 Å². The SMILES string of the molecule is COc1ccc(CN2CCN(CCC(=O)Nc3cc(C)on3)CC2)cc1. The van der Waals surface area contributed by atoms with Crippen LogP contribution in [-0.2, 0) is 11.3 Å². The molecule has 1 N–H and O–H groups in total. The molecular weight excluding hydrogens is 332 g/mol. The average molecular weight is 358 g/mol. The number of carbonyl (C=O) groups is 1. The maximum Gasteiger partial charge on any atom is 0.226 e. The topological polar surface area (TPSA) is 70.8 Å². The van der Waals surface area contributed by atoms with Gasteiger partial charge < -0.3 is 19.5 Å². The molecule has 2 heterocycles. The van der Waals surface area contributed by atoms with E-state index in [1.165, 1.54) is 5.56 Å². The van der Waals surface area contributed by atoms with Gasteiger partial charge >= 0.3 is 0 Å². The molecule has 7 nitrogen and oxygen atoms in total. The summed E-state index contributed by atoms with van der Waals surface area (Å²) in [6.07, 6.45) is 0.463. The van der Waals surface area contributed by atoms with Gasteiger partial charge in [-0.1, -0.05) is 17.3 Å². The first-order valence-electron chi connectivity index (χ1n) is 8.93. The molecule has 1 aliphatic heterocycles. The Balaban J connectivity index is 1.36. The van der Waals surface area contributed by atoms with E-state index < -0.39 is 0 Å². The summed E-state index contributed by atoms with van der Waals surface area (Å²) < 4.78 is 10.1. The van der Waals surface area contributed by atoms with Crippen LogP contribution in [0.2, 0.25) is 0 Å². The van der Waals surface area contributed by atoms with Crippen LogP contribution >= 0.6 is 0 Å². The summed E-state index contributed by atoms with van der Waals surface area (Å²) in [4.78, 5) is 16.8. The Morgan fingerprint density at radius 3 is 2.50 bits per heavy atom. The molecule has 1 aliphatic rings. The molecule has 0 aliphatic carbocycles. The molecule has 0 spiro atoms. The number of nitrogens with zero attached hydrogens (tertiary/aromatic N) is 3. The van der Waals surface area contributed by atoms with Crippen molar-refractivity contribution in [1.82, 2.24) is 15.0 Å². The molecule has 0 unspecified atom stereocenters. The second-order valence-electron chi connectivity index (χ2n) is 6.59. The Hall–Kier alpha value is -2.38. The Morgan fingerprint density at radius 2 is 1.88 bits per heavy atom. The molecule has 1 aromatic heterocycles. The fraction of sp³-hybridized carbons (Fsp3) is 0.474. The van der Waals surface area contributed by atoms with E-state index in [4.69, 9.17) is 9.26 Å². The minimum absolute atomic E-state index is 0.0287. The van der Waals surface area contributed by atoms with Gasteiger partial charge in [0.1, 0.15) is 11.5 Å². The van der Waals surface area contributed by atoms with Crippen LogP contribution in [0, 0.1) is 6.92 Å². The van der Waals surface area contributed by atoms with Gasteiger partial charge in [0.25, 0.3) is 0 Å². The molecule has 26 heavy (non-hydrogen) atoms. The monoisotopic (exact) mass is 358 g/mol. The Bertz CT molecular complexity index is 706. The molecule has 2 aromatic rings. The van der Waals surface area contributed by atoms with Gasteiger partial charge in [0.15, 0.2) is 5.82 Å². The summed E-state index contributed by atoms with van der Waals surface area (Å²) in [5.41, 5.74) is 1.29. The Labute approximate surface area is 153 Å². The first kappa shape index (κ1) is 18.4. The normalized spacial score (nSPS) is 15.8. The van der Waals surface area contributed by atoms with Crippen molar-refractivity contribution in [3.63, 3.8) is 0 Å². The molecule has 1 amide bonds. The molecule has 0 atom stereocenters. The van der Waals surface area contributed by atoms with Crippen molar-refractivity contribution in [3.05, 3.63) is 41.7 Å². The number of rotatable bonds is 7. The molecule has 0 saturated carbocycles. The van der Waals surface area contributed by atoms with Crippen molar-refractivity contribution < 1.29 is 14.1 Å². The summed E-state index contributed by atoms with van der Waals surface area (Å²) in [5, 5.41) is 6.54. The minimum atomic E-state index is -0.0287. The molecule has 3 rings (SSSR count). The van der Waals surface area contributed by atoms with E-state index in [9.17, 15) is 4.79 Å². The van der Waals surface area contributed by atoms with Crippen LogP contribution in [0.3, 0.4) is 0 Å². The largest absolute Gasteiger partial charge is 0.497 e. The van der Waals surface area contributed by atoms with Crippen molar-refractivity contribution >= 4 is 11.7 Å². The number of aryl methyl sites for hydroxylation is 1. The zero-order valence-electron chi connectivity index (χ0n) is 15.4. The average Bonchev–Trinajstić information content (AvgIpc) is 3.06. The lowest BCUT2D eigenvalue weighted by atomic mass is 10.2. The quantitative estimate of drug-likeness (QED) is 0.818. The van der Waals surface area contributed by atoms with E-state index in [0.29, 0.717) is 18.0 Å². The summed E-state index contributed by atoms with van der Waals surface area (Å²) >= 11 is 0. The molecule has 7 heteroatoms. The third-order valence-corrected chi connectivity index (χ3v) is 4.58. The smallest absolute Gasteiger partial charge is 0.226 e. The highest BCUT2D eigenvalue weighted by Crippen LogP contribution is 2.14. The van der Waals surface area contributed by atoms with Gasteiger partial charge in [-0.05, 0) is 24.6 Å². The maximum absolute atomic E-state index is 12.0. The first-order chi connectivity index (χ1) is 12.6. The fourth-order valence-electron chi connectivity index (χ4n) is 3.05. The Kier molecular flexibility index (Phi) is 6.25. The van der Waals surface area contributed by atoms with Crippen molar-refractivity contribution in [3.8, 4) is 5.75 Å². The van der Waals surface area contributed by atoms with Gasteiger partial charge in [-0.3, -0.25) is 9.69 Å². The molecular formula is C19H26N4O3. The highest BCUT2D eigenvalue weighted by atomic mass is 16.5. The van der Waals surface area contributed by atoms with Crippen LogP contribution in [0.1, 0.15) is 17.7 Å². The number of ether oxygens (including phenoxy) is 1. The second-order valence-corrected chi connectivity index (χ2v) is 6.59. The van der Waals surface area contributed by atoms with Crippen molar-refractivity contribution in [2.45, 2.75) is 19.9 Å². The number of anilines is 1. The fourth-order valence-corrected chi connectivity index (χ4v) is 3.05. The molecule has 0 radical (unpaired) electrons. The van der Waals surface area contributed by atoms with Crippen LogP contribution in [0.25, 0.3) is 0 Å². The van der Waals surface area contributed by atoms with E-state index in [-0.39, 0.29) is 5.91 Å². The van der Waals surface area contributed by atoms with Gasteiger partial charge in [0.05, 0.1) is 7.11 Å². The van der Waals surface area contributed by atoms with Crippen molar-refractivity contribution in [2.75, 3.05) is 45.2 Å². The Morgan fingerprint density at radius 1 is 1.19 bits per heavy atom. The van der Waals surface area contributed by atoms with Crippen LogP contribution in [0.4, 0.5) is 5.82 Å². The molecule has 140 valence electrons. The lowest BCUT2D eigenvalue weighted by Crippen LogP contribution is -2.46. The van der Waals surface area contributed by atoms with E-state index in [1.54, 1.807) is 20.1 Å². The molecule has 0 bridgehead atoms. The van der Waals surface area contributed by atoms with Crippen molar-refractivity contribution in [1.29, 1.82) is 0 Å². The zero-order chi connectivity index (χ0) is 18.4. The van der Waals surface area contributed by atoms with Crippen LogP contribution in [0.15, 0.2) is 34.9 Å². The van der Waals surface area contributed by atoms with E-state index in [0.717, 1.165) is 45.0 Å². The predicted molar refractivity (Wildman–Crippen MR) is 99.2 cm³/mol. The highest BCUT2D eigenvalue weighted by molar-refractivity contribution is 5.89. The van der Waals surface area contributed by atoms with Crippen molar-refractivity contribution in [2.24, 2.45) is 0 Å². The zero-order valence-corrected chi connectivity index (χ0v) is 15.4. The number of hydrogen-bond acceptors (Lipinski definition) is 6. The third-order valence-electron chi connectivity index (χ3n) is 4.58. The number of hydrogen-bond donors (Lipinski definition) is 1. The van der Waals surface area contributed by atoms with E-state index >= 15 is 0 Å². The minimum Gasteiger partial charge on any atom is -0.497 e. The summed E-state index contributed by atoms with van der Waals surface area (Å²) in [6.45, 7) is 7.49. The standard InChI is InChI=1S/C19H26N4O3/c1-15-13-18(21-26-15)20-19(24)7-8-22-9-11-23(12-10-22)14-16-3-5-17(25-2)6-4-16/h3-6,13H,7-12,14H2,1-2H3,(H,20,21,24). The van der Waals surface area contributed by atoms with Crippen LogP contribution in [-0.4, -0.2) is 60.7 Å². The van der Waals surface area contributed by atoms with E-state index in [2.05, 4.69) is 32.4 Å². The van der Waals surface area contributed by atoms with Crippen LogP contribution < -0.4 is 10.1 Å². The summed E-state index contributed by atoms with van der Waals surface area (Å²) in [6, 6.07) is 9.94. The summed E-state index contributed by atoms with van der Waals surface area (Å²) in [5.74, 6) is 2.03. The number of nitrogens with one attached hydrogen (secondary N) is 1. The van der Waals surface area contributed by atoms with E-state index in [1.807, 2.05) is 12.1 Å².